The number of carbonyl (C=O) groups is 2. The Bertz CT molecular complexity index is 1220. The molecule has 1 amide bonds. The van der Waals surface area contributed by atoms with Crippen molar-refractivity contribution in [3.8, 4) is 5.75 Å². The molecule has 1 N–H and O–H groups in total. The van der Waals surface area contributed by atoms with Gasteiger partial charge in [0.25, 0.3) is 5.91 Å². The fraction of sp³-hybridized carbons (Fsp3) is 0.259. The summed E-state index contributed by atoms with van der Waals surface area (Å²) in [6.45, 7) is 1.86. The van der Waals surface area contributed by atoms with Crippen LogP contribution in [0.2, 0.25) is 5.02 Å². The number of hydrogen-bond donors (Lipinski definition) is 1. The first kappa shape index (κ1) is 23.8. The Morgan fingerprint density at radius 1 is 1.09 bits per heavy atom. The standard InChI is InChI=1S/C27H25ClFNO4/c1-27(15-19-7-9-22(28)23(29)13-19)16-21-14-20(8-10-24(21)34-27)26(33)30(17-25(31)32)12-11-18-5-3-2-4-6-18/h2-10,13-14H,11-12,15-17H2,1H3,(H,31,32)/t27-/m1/s1. The number of amides is 1. The molecule has 0 saturated carbocycles. The molecule has 1 aliphatic rings. The summed E-state index contributed by atoms with van der Waals surface area (Å²) in [6, 6.07) is 19.5. The molecule has 0 radical (unpaired) electrons. The molecule has 34 heavy (non-hydrogen) atoms. The van der Waals surface area contributed by atoms with E-state index in [1.165, 1.54) is 17.0 Å². The Balaban J connectivity index is 1.49. The van der Waals surface area contributed by atoms with Crippen molar-refractivity contribution < 1.29 is 23.8 Å². The Labute approximate surface area is 202 Å². The molecular formula is C27H25ClFNO4. The first-order valence-corrected chi connectivity index (χ1v) is 11.4. The van der Waals surface area contributed by atoms with E-state index in [4.69, 9.17) is 16.3 Å². The zero-order chi connectivity index (χ0) is 24.3. The lowest BCUT2D eigenvalue weighted by molar-refractivity contribution is -0.137. The molecule has 7 heteroatoms. The highest BCUT2D eigenvalue weighted by Crippen LogP contribution is 2.38. The Kier molecular flexibility index (Phi) is 6.89. The van der Waals surface area contributed by atoms with Crippen LogP contribution in [0.15, 0.2) is 66.7 Å². The van der Waals surface area contributed by atoms with Crippen LogP contribution in [0.5, 0.6) is 5.75 Å². The number of carboxylic acids is 1. The van der Waals surface area contributed by atoms with E-state index in [1.807, 2.05) is 37.3 Å². The molecule has 0 aromatic heterocycles. The van der Waals surface area contributed by atoms with Gasteiger partial charge in [0.2, 0.25) is 0 Å². The fourth-order valence-electron chi connectivity index (χ4n) is 4.34. The van der Waals surface area contributed by atoms with Crippen molar-refractivity contribution in [3.63, 3.8) is 0 Å². The van der Waals surface area contributed by atoms with Crippen molar-refractivity contribution in [2.75, 3.05) is 13.1 Å². The molecular weight excluding hydrogens is 457 g/mol. The van der Waals surface area contributed by atoms with Gasteiger partial charge in [0.1, 0.15) is 23.7 Å². The van der Waals surface area contributed by atoms with Gasteiger partial charge in [0, 0.05) is 24.9 Å². The van der Waals surface area contributed by atoms with Gasteiger partial charge in [-0.2, -0.15) is 0 Å². The first-order valence-electron chi connectivity index (χ1n) is 11.0. The van der Waals surface area contributed by atoms with Crippen LogP contribution in [0, 0.1) is 5.82 Å². The maximum Gasteiger partial charge on any atom is 0.323 e. The second-order valence-electron chi connectivity index (χ2n) is 8.83. The molecule has 3 aromatic carbocycles. The van der Waals surface area contributed by atoms with Gasteiger partial charge >= 0.3 is 5.97 Å². The normalized spacial score (nSPS) is 16.6. The lowest BCUT2D eigenvalue weighted by Gasteiger charge is -2.24. The second kappa shape index (κ2) is 9.85. The number of aliphatic carboxylic acids is 1. The summed E-state index contributed by atoms with van der Waals surface area (Å²) in [7, 11) is 0. The van der Waals surface area contributed by atoms with E-state index in [1.54, 1.807) is 24.3 Å². The summed E-state index contributed by atoms with van der Waals surface area (Å²) in [5.41, 5.74) is 2.47. The molecule has 0 saturated heterocycles. The summed E-state index contributed by atoms with van der Waals surface area (Å²) < 4.78 is 20.0. The van der Waals surface area contributed by atoms with Gasteiger partial charge < -0.3 is 14.7 Å². The maximum absolute atomic E-state index is 13.9. The van der Waals surface area contributed by atoms with Crippen molar-refractivity contribution in [1.82, 2.24) is 4.90 Å². The zero-order valence-corrected chi connectivity index (χ0v) is 19.5. The van der Waals surface area contributed by atoms with E-state index >= 15 is 0 Å². The van der Waals surface area contributed by atoms with Gasteiger partial charge in [-0.05, 0) is 60.4 Å². The first-order chi connectivity index (χ1) is 16.2. The van der Waals surface area contributed by atoms with E-state index in [0.717, 1.165) is 16.7 Å². The Morgan fingerprint density at radius 2 is 1.85 bits per heavy atom. The van der Waals surface area contributed by atoms with Gasteiger partial charge in [0.15, 0.2) is 0 Å². The average molecular weight is 482 g/mol. The molecule has 3 aromatic rings. The maximum atomic E-state index is 13.9. The van der Waals surface area contributed by atoms with Crippen LogP contribution >= 0.6 is 11.6 Å². The highest BCUT2D eigenvalue weighted by Gasteiger charge is 2.36. The smallest absolute Gasteiger partial charge is 0.323 e. The number of hydrogen-bond acceptors (Lipinski definition) is 3. The molecule has 0 bridgehead atoms. The molecule has 176 valence electrons. The third kappa shape index (κ3) is 5.57. The summed E-state index contributed by atoms with van der Waals surface area (Å²) in [4.78, 5) is 25.9. The topological polar surface area (TPSA) is 66.8 Å². The summed E-state index contributed by atoms with van der Waals surface area (Å²) >= 11 is 5.79. The van der Waals surface area contributed by atoms with Gasteiger partial charge in [0.05, 0.1) is 5.02 Å². The van der Waals surface area contributed by atoms with Crippen LogP contribution < -0.4 is 4.74 Å². The quantitative estimate of drug-likeness (QED) is 0.481. The zero-order valence-electron chi connectivity index (χ0n) is 18.8. The highest BCUT2D eigenvalue weighted by molar-refractivity contribution is 6.30. The van der Waals surface area contributed by atoms with Gasteiger partial charge in [-0.15, -0.1) is 0 Å². The predicted octanol–water partition coefficient (Wildman–Crippen LogP) is 5.18. The SMILES string of the molecule is C[C@@]1(Cc2ccc(Cl)c(F)c2)Cc2cc(C(=O)N(CCc3ccccc3)CC(=O)O)ccc2O1. The van der Waals surface area contributed by atoms with Crippen LogP contribution in [0.4, 0.5) is 4.39 Å². The third-order valence-corrected chi connectivity index (χ3v) is 6.22. The van der Waals surface area contributed by atoms with Crippen molar-refractivity contribution in [2.24, 2.45) is 0 Å². The molecule has 1 atom stereocenters. The van der Waals surface area contributed by atoms with E-state index in [0.29, 0.717) is 37.1 Å². The summed E-state index contributed by atoms with van der Waals surface area (Å²) in [6.07, 6.45) is 1.57. The molecule has 0 aliphatic carbocycles. The van der Waals surface area contributed by atoms with Crippen LogP contribution in [-0.2, 0) is 24.1 Å². The second-order valence-corrected chi connectivity index (χ2v) is 9.24. The monoisotopic (exact) mass is 481 g/mol. The van der Waals surface area contributed by atoms with Crippen LogP contribution in [0.1, 0.15) is 34.0 Å². The highest BCUT2D eigenvalue weighted by atomic mass is 35.5. The Hall–Kier alpha value is -3.38. The number of halogens is 2. The molecule has 0 spiro atoms. The van der Waals surface area contributed by atoms with E-state index in [2.05, 4.69) is 0 Å². The lowest BCUT2D eigenvalue weighted by atomic mass is 9.91. The molecule has 0 fully saturated rings. The molecule has 1 heterocycles. The molecule has 4 rings (SSSR count). The van der Waals surface area contributed by atoms with Crippen LogP contribution in [0.3, 0.4) is 0 Å². The van der Waals surface area contributed by atoms with E-state index in [9.17, 15) is 19.1 Å². The van der Waals surface area contributed by atoms with Crippen molar-refractivity contribution >= 4 is 23.5 Å². The summed E-state index contributed by atoms with van der Waals surface area (Å²) in [5, 5.41) is 9.40. The number of carbonyl (C=O) groups excluding carboxylic acids is 1. The van der Waals surface area contributed by atoms with E-state index in [-0.39, 0.29) is 17.5 Å². The number of nitrogens with zero attached hydrogens (tertiary/aromatic N) is 1. The van der Waals surface area contributed by atoms with Gasteiger partial charge in [-0.1, -0.05) is 48.0 Å². The van der Waals surface area contributed by atoms with Crippen LogP contribution in [-0.4, -0.2) is 40.6 Å². The lowest BCUT2D eigenvalue weighted by Crippen LogP contribution is -2.37. The van der Waals surface area contributed by atoms with E-state index < -0.39 is 17.4 Å². The predicted molar refractivity (Wildman–Crippen MR) is 128 cm³/mol. The van der Waals surface area contributed by atoms with Gasteiger partial charge in [-0.25, -0.2) is 4.39 Å². The molecule has 1 aliphatic heterocycles. The summed E-state index contributed by atoms with van der Waals surface area (Å²) in [5.74, 6) is -1.20. The average Bonchev–Trinajstić information content (AvgIpc) is 3.14. The minimum absolute atomic E-state index is 0.0749. The number of ether oxygens (including phenoxy) is 1. The van der Waals surface area contributed by atoms with Crippen LogP contribution in [0.25, 0.3) is 0 Å². The fourth-order valence-corrected chi connectivity index (χ4v) is 4.46. The number of fused-ring (bicyclic) bond motifs is 1. The molecule has 0 unspecified atom stereocenters. The van der Waals surface area contributed by atoms with Crippen molar-refractivity contribution in [1.29, 1.82) is 0 Å². The van der Waals surface area contributed by atoms with Crippen molar-refractivity contribution in [2.45, 2.75) is 31.8 Å². The number of rotatable bonds is 8. The molecule has 5 nitrogen and oxygen atoms in total. The van der Waals surface area contributed by atoms with Crippen molar-refractivity contribution in [3.05, 3.63) is 99.8 Å². The minimum Gasteiger partial charge on any atom is -0.487 e. The third-order valence-electron chi connectivity index (χ3n) is 5.92. The number of carboxylic acid groups (broad SMARTS) is 1. The minimum atomic E-state index is -1.06. The largest absolute Gasteiger partial charge is 0.487 e. The van der Waals surface area contributed by atoms with Gasteiger partial charge in [-0.3, -0.25) is 9.59 Å². The number of benzene rings is 3. The Morgan fingerprint density at radius 3 is 2.56 bits per heavy atom.